The van der Waals surface area contributed by atoms with E-state index in [0.29, 0.717) is 10.6 Å². The fraction of sp³-hybridized carbons (Fsp3) is 0.250. The molecule has 0 spiro atoms. The molecule has 0 amide bonds. The summed E-state index contributed by atoms with van der Waals surface area (Å²) in [5, 5.41) is 9.35. The Morgan fingerprint density at radius 1 is 1.53 bits per heavy atom. The molecule has 0 fully saturated rings. The summed E-state index contributed by atoms with van der Waals surface area (Å²) < 4.78 is 5.05. The number of hydrogen-bond acceptors (Lipinski definition) is 2. The predicted molar refractivity (Wildman–Crippen MR) is 61.1 cm³/mol. The quantitative estimate of drug-likeness (QED) is 0.805. The zero-order valence-electron chi connectivity index (χ0n) is 9.28. The first-order chi connectivity index (χ1) is 7.20. The van der Waals surface area contributed by atoms with Gasteiger partial charge < -0.3 is 9.52 Å². The molecule has 0 bridgehead atoms. The summed E-state index contributed by atoms with van der Waals surface area (Å²) in [6.45, 7) is 9.27. The topological polar surface area (TPSA) is 50.4 Å². The molecule has 0 aliphatic carbocycles. The van der Waals surface area contributed by atoms with Crippen molar-refractivity contribution in [2.24, 2.45) is 0 Å². The highest BCUT2D eigenvalue weighted by Crippen LogP contribution is 1.88. The molecule has 0 saturated carbocycles. The van der Waals surface area contributed by atoms with E-state index >= 15 is 0 Å². The third-order valence-corrected chi connectivity index (χ3v) is 1.65. The van der Waals surface area contributed by atoms with Gasteiger partial charge in [0.1, 0.15) is 17.2 Å². The van der Waals surface area contributed by atoms with Crippen LogP contribution >= 0.6 is 0 Å². The van der Waals surface area contributed by atoms with Crippen LogP contribution in [-0.4, -0.2) is 11.1 Å². The fourth-order valence-corrected chi connectivity index (χ4v) is 1.08. The van der Waals surface area contributed by atoms with Gasteiger partial charge in [0.05, 0.1) is 0 Å². The second-order valence-corrected chi connectivity index (χ2v) is 2.42. The second-order valence-electron chi connectivity index (χ2n) is 2.42. The van der Waals surface area contributed by atoms with Gasteiger partial charge in [0.2, 0.25) is 0 Å². The Hall–Kier alpha value is -1.77. The van der Waals surface area contributed by atoms with Crippen LogP contribution in [0.3, 0.4) is 0 Å². The number of allylic oxidation sites excluding steroid dienone is 1. The lowest BCUT2D eigenvalue weighted by Crippen LogP contribution is -2.24. The van der Waals surface area contributed by atoms with Gasteiger partial charge in [0.25, 0.3) is 0 Å². The lowest BCUT2D eigenvalue weighted by atomic mass is 10.2. The van der Waals surface area contributed by atoms with Gasteiger partial charge in [0, 0.05) is 5.22 Å². The minimum absolute atomic E-state index is 0.176. The first-order valence-corrected chi connectivity index (χ1v) is 4.80. The number of carbonyl (C=O) groups is 1. The van der Waals surface area contributed by atoms with E-state index in [4.69, 9.17) is 9.52 Å². The molecule has 1 heterocycles. The molecule has 3 heteroatoms. The number of aromatic carboxylic acids is 1. The highest BCUT2D eigenvalue weighted by Gasteiger charge is 2.07. The van der Waals surface area contributed by atoms with Crippen LogP contribution in [0.25, 0.3) is 12.2 Å². The molecule has 82 valence electrons. The zero-order valence-corrected chi connectivity index (χ0v) is 9.28. The summed E-state index contributed by atoms with van der Waals surface area (Å²) in [7, 11) is 0. The van der Waals surface area contributed by atoms with Gasteiger partial charge in [-0.25, -0.2) is 4.79 Å². The fourth-order valence-electron chi connectivity index (χ4n) is 1.08. The molecule has 0 atom stereocenters. The number of rotatable bonds is 2. The number of carboxylic acids is 1. The van der Waals surface area contributed by atoms with E-state index in [2.05, 4.69) is 6.58 Å². The third-order valence-electron chi connectivity index (χ3n) is 1.65. The minimum Gasteiger partial charge on any atom is -0.478 e. The Kier molecular flexibility index (Phi) is 5.86. The number of hydrogen-bond donors (Lipinski definition) is 1. The molecule has 0 aliphatic rings. The first-order valence-electron chi connectivity index (χ1n) is 4.80. The molecule has 0 unspecified atom stereocenters. The lowest BCUT2D eigenvalue weighted by Gasteiger charge is -1.82. The van der Waals surface area contributed by atoms with Crippen molar-refractivity contribution in [1.82, 2.24) is 0 Å². The van der Waals surface area contributed by atoms with E-state index in [-0.39, 0.29) is 5.56 Å². The molecule has 0 saturated heterocycles. The summed E-state index contributed by atoms with van der Waals surface area (Å²) in [6, 6.07) is 0. The van der Waals surface area contributed by atoms with E-state index in [1.165, 1.54) is 6.26 Å². The van der Waals surface area contributed by atoms with Crippen LogP contribution in [0.1, 0.15) is 31.1 Å². The van der Waals surface area contributed by atoms with Crippen LogP contribution < -0.4 is 10.6 Å². The van der Waals surface area contributed by atoms with Crippen LogP contribution in [0.15, 0.2) is 23.3 Å². The largest absolute Gasteiger partial charge is 0.478 e. The molecule has 0 aliphatic heterocycles. The van der Waals surface area contributed by atoms with Crippen LogP contribution in [-0.2, 0) is 0 Å². The van der Waals surface area contributed by atoms with Gasteiger partial charge in [-0.05, 0) is 13.0 Å². The van der Waals surface area contributed by atoms with Crippen molar-refractivity contribution in [2.45, 2.75) is 20.8 Å². The van der Waals surface area contributed by atoms with Gasteiger partial charge in [-0.2, -0.15) is 0 Å². The maximum absolute atomic E-state index is 10.7. The van der Waals surface area contributed by atoms with Crippen LogP contribution in [0.5, 0.6) is 0 Å². The molecule has 1 rings (SSSR count). The van der Waals surface area contributed by atoms with Crippen molar-refractivity contribution < 1.29 is 14.3 Å². The summed E-state index contributed by atoms with van der Waals surface area (Å²) in [5.74, 6) is -0.986. The van der Waals surface area contributed by atoms with Gasteiger partial charge in [-0.15, -0.1) is 0 Å². The van der Waals surface area contributed by atoms with Crippen LogP contribution in [0, 0.1) is 0 Å². The third kappa shape index (κ3) is 3.13. The van der Waals surface area contributed by atoms with E-state index < -0.39 is 5.97 Å². The normalized spacial score (nSPS) is 11.9. The molecule has 15 heavy (non-hydrogen) atoms. The van der Waals surface area contributed by atoms with Gasteiger partial charge in [-0.3, -0.25) is 0 Å². The molecule has 0 aromatic carbocycles. The van der Waals surface area contributed by atoms with E-state index in [1.54, 1.807) is 25.2 Å². The minimum atomic E-state index is -0.986. The highest BCUT2D eigenvalue weighted by molar-refractivity contribution is 5.87. The standard InChI is InChI=1S/C10H10O3.C2H6/c1-3-5-9-7(4-2)8(6-13-9)10(11)12;1-2/h3-6H,1H2,2H3,(H,11,12);1-2H3/b7-4-,9-5+;. The maximum atomic E-state index is 10.7. The summed E-state index contributed by atoms with van der Waals surface area (Å²) >= 11 is 0. The Morgan fingerprint density at radius 3 is 2.53 bits per heavy atom. The Morgan fingerprint density at radius 2 is 2.13 bits per heavy atom. The van der Waals surface area contributed by atoms with Crippen molar-refractivity contribution in [3.05, 3.63) is 35.1 Å². The van der Waals surface area contributed by atoms with Crippen molar-refractivity contribution in [3.63, 3.8) is 0 Å². The van der Waals surface area contributed by atoms with E-state index in [9.17, 15) is 4.79 Å². The van der Waals surface area contributed by atoms with Crippen molar-refractivity contribution in [2.75, 3.05) is 0 Å². The zero-order chi connectivity index (χ0) is 11.8. The predicted octanol–water partition coefficient (Wildman–Crippen LogP) is 1.77. The molecular formula is C12H16O3. The van der Waals surface area contributed by atoms with Crippen LogP contribution in [0.2, 0.25) is 0 Å². The van der Waals surface area contributed by atoms with Gasteiger partial charge >= 0.3 is 5.97 Å². The highest BCUT2D eigenvalue weighted by atomic mass is 16.4. The number of furan rings is 1. The molecule has 1 N–H and O–H groups in total. The first kappa shape index (κ1) is 13.2. The molecular weight excluding hydrogens is 192 g/mol. The second kappa shape index (κ2) is 6.65. The monoisotopic (exact) mass is 208 g/mol. The van der Waals surface area contributed by atoms with Gasteiger partial charge in [-0.1, -0.05) is 32.6 Å². The van der Waals surface area contributed by atoms with Crippen molar-refractivity contribution in [3.8, 4) is 0 Å². The average molecular weight is 208 g/mol. The molecule has 3 nitrogen and oxygen atoms in total. The summed E-state index contributed by atoms with van der Waals surface area (Å²) in [5.41, 5.74) is 0.700. The SMILES string of the molecule is C=C/C=c1/occ(C(=O)O)/c1=C/C.CC. The van der Waals surface area contributed by atoms with Gasteiger partial charge in [0.15, 0.2) is 0 Å². The van der Waals surface area contributed by atoms with Crippen molar-refractivity contribution >= 4 is 18.1 Å². The molecule has 0 radical (unpaired) electrons. The Labute approximate surface area is 89.0 Å². The smallest absolute Gasteiger partial charge is 0.339 e. The molecule has 1 aromatic heterocycles. The Balaban J connectivity index is 0.000000921. The average Bonchev–Trinajstić information content (AvgIpc) is 2.64. The summed E-state index contributed by atoms with van der Waals surface area (Å²) in [4.78, 5) is 10.7. The summed E-state index contributed by atoms with van der Waals surface area (Å²) in [6.07, 6.45) is 6.11. The maximum Gasteiger partial charge on any atom is 0.339 e. The van der Waals surface area contributed by atoms with Crippen LogP contribution in [0.4, 0.5) is 0 Å². The lowest BCUT2D eigenvalue weighted by molar-refractivity contribution is 0.0695. The molecule has 1 aromatic rings. The van der Waals surface area contributed by atoms with E-state index in [0.717, 1.165) is 0 Å². The van der Waals surface area contributed by atoms with Crippen molar-refractivity contribution in [1.29, 1.82) is 0 Å². The Bertz CT molecular complexity index is 438. The van der Waals surface area contributed by atoms with E-state index in [1.807, 2.05) is 13.8 Å². The number of carboxylic acid groups (broad SMARTS) is 1.